The first kappa shape index (κ1) is 12.6. The van der Waals surface area contributed by atoms with Gasteiger partial charge in [-0.3, -0.25) is 4.79 Å². The zero-order valence-electron chi connectivity index (χ0n) is 10.8. The van der Waals surface area contributed by atoms with E-state index in [1.165, 1.54) is 19.8 Å². The molecule has 1 aliphatic heterocycles. The minimum Gasteiger partial charge on any atom is -0.372 e. The predicted octanol–water partition coefficient (Wildman–Crippen LogP) is 2.99. The molecule has 94 valence electrons. The number of carbonyl (C=O) groups is 1. The largest absolute Gasteiger partial charge is 0.372 e. The number of carbonyl (C=O) groups excluding carboxylic acids is 1. The van der Waals surface area contributed by atoms with Gasteiger partial charge < -0.3 is 4.74 Å². The highest BCUT2D eigenvalue weighted by Gasteiger charge is 2.45. The van der Waals surface area contributed by atoms with Crippen molar-refractivity contribution in [2.45, 2.75) is 70.5 Å². The number of hydrogen-bond donors (Lipinski definition) is 0. The van der Waals surface area contributed by atoms with E-state index < -0.39 is 5.41 Å². The van der Waals surface area contributed by atoms with Crippen molar-refractivity contribution in [2.75, 3.05) is 0 Å². The Morgan fingerprint density at radius 2 is 2.12 bits per heavy atom. The fourth-order valence-corrected chi connectivity index (χ4v) is 3.15. The van der Waals surface area contributed by atoms with E-state index in [9.17, 15) is 4.79 Å². The van der Waals surface area contributed by atoms with Crippen molar-refractivity contribution in [3.8, 4) is 6.07 Å². The maximum absolute atomic E-state index is 11.5. The molecular weight excluding hydrogens is 214 g/mol. The van der Waals surface area contributed by atoms with Gasteiger partial charge in [-0.1, -0.05) is 12.8 Å². The van der Waals surface area contributed by atoms with E-state index in [2.05, 4.69) is 6.07 Å². The van der Waals surface area contributed by atoms with Gasteiger partial charge in [0.2, 0.25) is 0 Å². The van der Waals surface area contributed by atoms with Crippen molar-refractivity contribution in [3.05, 3.63) is 0 Å². The predicted molar refractivity (Wildman–Crippen MR) is 64.3 cm³/mol. The molecule has 2 unspecified atom stereocenters. The van der Waals surface area contributed by atoms with Gasteiger partial charge in [0.15, 0.2) is 0 Å². The van der Waals surface area contributed by atoms with Crippen LogP contribution in [0, 0.1) is 16.7 Å². The SMILES string of the molecule is CC(=O)C(C)(C#N)CC1CCC2(CCCC2)O1. The van der Waals surface area contributed by atoms with Gasteiger partial charge >= 0.3 is 0 Å². The Hall–Kier alpha value is -0.880. The second-order valence-corrected chi connectivity index (χ2v) is 5.87. The highest BCUT2D eigenvalue weighted by molar-refractivity contribution is 5.84. The van der Waals surface area contributed by atoms with Crippen LogP contribution in [0.5, 0.6) is 0 Å². The normalized spacial score (nSPS) is 30.1. The van der Waals surface area contributed by atoms with Crippen LogP contribution in [0.4, 0.5) is 0 Å². The van der Waals surface area contributed by atoms with E-state index in [-0.39, 0.29) is 17.5 Å². The molecule has 0 aromatic rings. The van der Waals surface area contributed by atoms with Crippen LogP contribution in [0.3, 0.4) is 0 Å². The van der Waals surface area contributed by atoms with Crippen LogP contribution in [0.15, 0.2) is 0 Å². The molecule has 2 atom stereocenters. The Morgan fingerprint density at radius 1 is 1.47 bits per heavy atom. The smallest absolute Gasteiger partial charge is 0.149 e. The second-order valence-electron chi connectivity index (χ2n) is 5.87. The van der Waals surface area contributed by atoms with Gasteiger partial charge in [0.1, 0.15) is 11.2 Å². The van der Waals surface area contributed by atoms with Gasteiger partial charge in [0.05, 0.1) is 17.8 Å². The molecule has 0 aromatic carbocycles. The fraction of sp³-hybridized carbons (Fsp3) is 0.857. The summed E-state index contributed by atoms with van der Waals surface area (Å²) in [5.41, 5.74) is -0.771. The molecule has 0 N–H and O–H groups in total. The molecule has 0 bridgehead atoms. The molecule has 0 aromatic heterocycles. The van der Waals surface area contributed by atoms with Crippen molar-refractivity contribution in [2.24, 2.45) is 5.41 Å². The third-order valence-corrected chi connectivity index (χ3v) is 4.51. The van der Waals surface area contributed by atoms with Gasteiger partial charge in [0, 0.05) is 0 Å². The molecule has 1 heterocycles. The number of nitrogens with zero attached hydrogens (tertiary/aromatic N) is 1. The number of Topliss-reactive ketones (excluding diaryl/α,β-unsaturated/α-hetero) is 1. The van der Waals surface area contributed by atoms with Gasteiger partial charge in [-0.25, -0.2) is 0 Å². The summed E-state index contributed by atoms with van der Waals surface area (Å²) in [6, 6.07) is 2.15. The molecule has 2 rings (SSSR count). The summed E-state index contributed by atoms with van der Waals surface area (Å²) in [6.07, 6.45) is 7.60. The van der Waals surface area contributed by atoms with Crippen LogP contribution in [0.2, 0.25) is 0 Å². The van der Waals surface area contributed by atoms with Crippen LogP contribution in [-0.2, 0) is 9.53 Å². The molecule has 0 radical (unpaired) electrons. The molecule has 2 aliphatic rings. The van der Waals surface area contributed by atoms with E-state index in [0.717, 1.165) is 25.7 Å². The summed E-state index contributed by atoms with van der Waals surface area (Å²) in [7, 11) is 0. The van der Waals surface area contributed by atoms with Crippen molar-refractivity contribution < 1.29 is 9.53 Å². The minimum atomic E-state index is -0.866. The minimum absolute atomic E-state index is 0.0454. The standard InChI is InChI=1S/C14H21NO2/c1-11(16)13(2,10-15)9-12-5-8-14(17-12)6-3-4-7-14/h12H,3-9H2,1-2H3. The maximum atomic E-state index is 11.5. The Morgan fingerprint density at radius 3 is 2.65 bits per heavy atom. The summed E-state index contributed by atoms with van der Waals surface area (Å²) in [5, 5.41) is 9.15. The zero-order valence-corrected chi connectivity index (χ0v) is 10.8. The number of hydrogen-bond acceptors (Lipinski definition) is 3. The van der Waals surface area contributed by atoms with Crippen molar-refractivity contribution in [1.82, 2.24) is 0 Å². The van der Waals surface area contributed by atoms with Crippen LogP contribution >= 0.6 is 0 Å². The lowest BCUT2D eigenvalue weighted by molar-refractivity contribution is -0.125. The average molecular weight is 235 g/mol. The Balaban J connectivity index is 1.98. The highest BCUT2D eigenvalue weighted by Crippen LogP contribution is 2.45. The second kappa shape index (κ2) is 4.42. The van der Waals surface area contributed by atoms with Crippen molar-refractivity contribution >= 4 is 5.78 Å². The molecule has 1 saturated carbocycles. The molecule has 1 saturated heterocycles. The number of nitriles is 1. The molecule has 3 nitrogen and oxygen atoms in total. The lowest BCUT2D eigenvalue weighted by Crippen LogP contribution is -2.31. The first-order valence-electron chi connectivity index (χ1n) is 6.60. The number of rotatable bonds is 3. The lowest BCUT2D eigenvalue weighted by Gasteiger charge is -2.26. The summed E-state index contributed by atoms with van der Waals surface area (Å²) in [5.74, 6) is -0.0454. The van der Waals surface area contributed by atoms with Gasteiger partial charge in [-0.15, -0.1) is 0 Å². The first-order chi connectivity index (χ1) is 8.00. The third kappa shape index (κ3) is 2.37. The van der Waals surface area contributed by atoms with Crippen molar-refractivity contribution in [1.29, 1.82) is 5.26 Å². The summed E-state index contributed by atoms with van der Waals surface area (Å²) in [4.78, 5) is 11.5. The molecule has 0 amide bonds. The topological polar surface area (TPSA) is 50.1 Å². The van der Waals surface area contributed by atoms with Gasteiger partial charge in [-0.2, -0.15) is 5.26 Å². The monoisotopic (exact) mass is 235 g/mol. The van der Waals surface area contributed by atoms with Crippen LogP contribution in [-0.4, -0.2) is 17.5 Å². The van der Waals surface area contributed by atoms with Crippen LogP contribution in [0.1, 0.15) is 58.8 Å². The van der Waals surface area contributed by atoms with Gasteiger partial charge in [0.25, 0.3) is 0 Å². The molecule has 1 aliphatic carbocycles. The van der Waals surface area contributed by atoms with E-state index in [0.29, 0.717) is 6.42 Å². The Kier molecular flexibility index (Phi) is 3.27. The first-order valence-corrected chi connectivity index (χ1v) is 6.60. The van der Waals surface area contributed by atoms with E-state index >= 15 is 0 Å². The Bertz CT molecular complexity index is 352. The van der Waals surface area contributed by atoms with Gasteiger partial charge in [-0.05, 0) is 46.0 Å². The van der Waals surface area contributed by atoms with Crippen LogP contribution in [0.25, 0.3) is 0 Å². The van der Waals surface area contributed by atoms with Crippen LogP contribution < -0.4 is 0 Å². The molecular formula is C14H21NO2. The maximum Gasteiger partial charge on any atom is 0.149 e. The van der Waals surface area contributed by atoms with E-state index in [1.807, 2.05) is 0 Å². The lowest BCUT2D eigenvalue weighted by atomic mass is 9.82. The highest BCUT2D eigenvalue weighted by atomic mass is 16.5. The average Bonchev–Trinajstić information content (AvgIpc) is 2.90. The summed E-state index contributed by atoms with van der Waals surface area (Å²) in [6.45, 7) is 3.24. The van der Waals surface area contributed by atoms with E-state index in [4.69, 9.17) is 10.00 Å². The molecule has 1 spiro atoms. The third-order valence-electron chi connectivity index (χ3n) is 4.51. The summed E-state index contributed by atoms with van der Waals surface area (Å²) < 4.78 is 6.15. The molecule has 2 fully saturated rings. The number of ketones is 1. The molecule has 3 heteroatoms. The van der Waals surface area contributed by atoms with E-state index in [1.54, 1.807) is 6.92 Å². The fourth-order valence-electron chi connectivity index (χ4n) is 3.15. The molecule has 17 heavy (non-hydrogen) atoms. The Labute approximate surface area is 103 Å². The van der Waals surface area contributed by atoms with Crippen molar-refractivity contribution in [3.63, 3.8) is 0 Å². The zero-order chi connectivity index (χ0) is 12.5. The summed E-state index contributed by atoms with van der Waals surface area (Å²) >= 11 is 0. The number of ether oxygens (including phenoxy) is 1. The quantitative estimate of drug-likeness (QED) is 0.755.